The van der Waals surface area contributed by atoms with E-state index in [2.05, 4.69) is 17.6 Å². The summed E-state index contributed by atoms with van der Waals surface area (Å²) in [6.45, 7) is 15.2. The number of aromatic hydroxyl groups is 1. The normalized spacial score (nSPS) is 13.2. The first-order valence-corrected chi connectivity index (χ1v) is 12.2. The highest BCUT2D eigenvalue weighted by Gasteiger charge is 2.37. The first-order chi connectivity index (χ1) is 15.8. The first-order valence-electron chi connectivity index (χ1n) is 12.2. The molecule has 2 atom stereocenters. The number of para-hydroxylation sites is 1. The zero-order valence-electron chi connectivity index (χ0n) is 22.0. The summed E-state index contributed by atoms with van der Waals surface area (Å²) in [6, 6.07) is 3.20. The lowest BCUT2D eigenvalue weighted by molar-refractivity contribution is -0.143. The number of nitrogens with zero attached hydrogens (tertiary/aromatic N) is 1. The molecule has 0 radical (unpaired) electrons. The van der Waals surface area contributed by atoms with Crippen molar-refractivity contribution in [1.82, 2.24) is 15.5 Å². The quantitative estimate of drug-likeness (QED) is 0.408. The van der Waals surface area contributed by atoms with Crippen LogP contribution in [-0.2, 0) is 14.3 Å². The summed E-state index contributed by atoms with van der Waals surface area (Å²) in [5, 5.41) is 16.4. The minimum absolute atomic E-state index is 0.0244. The van der Waals surface area contributed by atoms with Gasteiger partial charge in [0.15, 0.2) is 0 Å². The Kier molecular flexibility index (Phi) is 11.4. The van der Waals surface area contributed by atoms with Crippen molar-refractivity contribution in [2.24, 2.45) is 5.92 Å². The highest BCUT2D eigenvalue weighted by molar-refractivity contribution is 5.92. The molecule has 0 aliphatic rings. The molecule has 0 fully saturated rings. The Morgan fingerprint density at radius 1 is 1.12 bits per heavy atom. The number of carbonyl (C=O) groups excluding carboxylic acids is 3. The van der Waals surface area contributed by atoms with Crippen LogP contribution in [0.3, 0.4) is 0 Å². The van der Waals surface area contributed by atoms with Crippen molar-refractivity contribution in [2.45, 2.75) is 92.3 Å². The van der Waals surface area contributed by atoms with Crippen LogP contribution in [0.4, 0.5) is 4.79 Å². The summed E-state index contributed by atoms with van der Waals surface area (Å²) in [6.07, 6.45) is 2.12. The van der Waals surface area contributed by atoms with Gasteiger partial charge >= 0.3 is 6.09 Å². The van der Waals surface area contributed by atoms with E-state index in [4.69, 9.17) is 4.74 Å². The first kappa shape index (κ1) is 29.3. The largest absolute Gasteiger partial charge is 0.507 e. The summed E-state index contributed by atoms with van der Waals surface area (Å²) >= 11 is 0. The van der Waals surface area contributed by atoms with Crippen LogP contribution in [0.1, 0.15) is 84.9 Å². The average Bonchev–Trinajstić information content (AvgIpc) is 2.73. The number of likely N-dealkylation sites (N-methyl/N-ethyl adjacent to an activating group) is 1. The van der Waals surface area contributed by atoms with E-state index in [1.165, 1.54) is 4.90 Å². The molecule has 1 rings (SSSR count). The van der Waals surface area contributed by atoms with E-state index < -0.39 is 29.7 Å². The van der Waals surface area contributed by atoms with Gasteiger partial charge in [-0.25, -0.2) is 4.79 Å². The number of phenolic OH excluding ortho intramolecular Hbond substituents is 1. The molecule has 3 N–H and O–H groups in total. The van der Waals surface area contributed by atoms with E-state index in [1.807, 2.05) is 13.8 Å². The number of aryl methyl sites for hydroxylation is 1. The second kappa shape index (κ2) is 13.2. The molecule has 1 aromatic rings. The third-order valence-electron chi connectivity index (χ3n) is 5.43. The molecule has 8 heteroatoms. The highest BCUT2D eigenvalue weighted by Crippen LogP contribution is 2.32. The molecule has 192 valence electrons. The molecule has 0 bridgehead atoms. The molecule has 8 nitrogen and oxygen atoms in total. The smallest absolute Gasteiger partial charge is 0.408 e. The SMILES string of the molecule is CCCCCNC(=O)C(c1cccc(C)c1O)N(CC)C(=O)C(NC(=O)OC(C)(C)C)C(C)C. The predicted octanol–water partition coefficient (Wildman–Crippen LogP) is 4.45. The van der Waals surface area contributed by atoms with Gasteiger partial charge in [0.05, 0.1) is 0 Å². The molecule has 0 aliphatic carbocycles. The van der Waals surface area contributed by atoms with Crippen molar-refractivity contribution in [3.8, 4) is 5.75 Å². The molecule has 0 spiro atoms. The Morgan fingerprint density at radius 2 is 1.76 bits per heavy atom. The fourth-order valence-corrected chi connectivity index (χ4v) is 3.63. The molecule has 0 saturated carbocycles. The van der Waals surface area contributed by atoms with Crippen LogP contribution in [0.2, 0.25) is 0 Å². The Labute approximate surface area is 204 Å². The van der Waals surface area contributed by atoms with Gasteiger partial charge in [0.2, 0.25) is 11.8 Å². The lowest BCUT2D eigenvalue weighted by atomic mass is 9.97. The van der Waals surface area contributed by atoms with Crippen molar-refractivity contribution in [3.63, 3.8) is 0 Å². The van der Waals surface area contributed by atoms with Gasteiger partial charge in [0, 0.05) is 18.7 Å². The Morgan fingerprint density at radius 3 is 2.29 bits per heavy atom. The van der Waals surface area contributed by atoms with Crippen molar-refractivity contribution in [2.75, 3.05) is 13.1 Å². The van der Waals surface area contributed by atoms with Gasteiger partial charge in [-0.05, 0) is 52.5 Å². The number of hydrogen-bond acceptors (Lipinski definition) is 5. The number of unbranched alkanes of at least 4 members (excludes halogenated alkanes) is 2. The van der Waals surface area contributed by atoms with Crippen LogP contribution in [-0.4, -0.2) is 52.6 Å². The predicted molar refractivity (Wildman–Crippen MR) is 134 cm³/mol. The topological polar surface area (TPSA) is 108 Å². The van der Waals surface area contributed by atoms with Crippen LogP contribution in [0.15, 0.2) is 18.2 Å². The van der Waals surface area contributed by atoms with E-state index >= 15 is 0 Å². The third-order valence-corrected chi connectivity index (χ3v) is 5.43. The molecule has 1 aromatic carbocycles. The monoisotopic (exact) mass is 477 g/mol. The fourth-order valence-electron chi connectivity index (χ4n) is 3.63. The zero-order chi connectivity index (χ0) is 26.1. The molecular weight excluding hydrogens is 434 g/mol. The zero-order valence-corrected chi connectivity index (χ0v) is 22.0. The molecule has 0 aromatic heterocycles. The summed E-state index contributed by atoms with van der Waals surface area (Å²) < 4.78 is 5.35. The van der Waals surface area contributed by atoms with Gasteiger partial charge in [-0.3, -0.25) is 9.59 Å². The van der Waals surface area contributed by atoms with Gasteiger partial charge in [0.1, 0.15) is 23.4 Å². The van der Waals surface area contributed by atoms with Crippen molar-refractivity contribution in [3.05, 3.63) is 29.3 Å². The van der Waals surface area contributed by atoms with Gasteiger partial charge in [-0.15, -0.1) is 0 Å². The van der Waals surface area contributed by atoms with Gasteiger partial charge in [-0.2, -0.15) is 0 Å². The Balaban J connectivity index is 3.34. The van der Waals surface area contributed by atoms with Crippen molar-refractivity contribution >= 4 is 17.9 Å². The second-order valence-corrected chi connectivity index (χ2v) is 9.91. The molecular formula is C26H43N3O5. The Bertz CT molecular complexity index is 832. The summed E-state index contributed by atoms with van der Waals surface area (Å²) in [5.74, 6) is -1.07. The summed E-state index contributed by atoms with van der Waals surface area (Å²) in [4.78, 5) is 40.9. The molecule has 0 aliphatic heterocycles. The number of ether oxygens (including phenoxy) is 1. The van der Waals surface area contributed by atoms with Gasteiger partial charge < -0.3 is 25.4 Å². The van der Waals surface area contributed by atoms with Crippen LogP contribution >= 0.6 is 0 Å². The number of hydrogen-bond donors (Lipinski definition) is 3. The van der Waals surface area contributed by atoms with Gasteiger partial charge in [-0.1, -0.05) is 51.8 Å². The van der Waals surface area contributed by atoms with Gasteiger partial charge in [0.25, 0.3) is 0 Å². The van der Waals surface area contributed by atoms with Crippen molar-refractivity contribution < 1.29 is 24.2 Å². The average molecular weight is 478 g/mol. The number of benzene rings is 1. The van der Waals surface area contributed by atoms with Crippen LogP contribution < -0.4 is 10.6 Å². The maximum Gasteiger partial charge on any atom is 0.408 e. The van der Waals surface area contributed by atoms with E-state index in [9.17, 15) is 19.5 Å². The van der Waals surface area contributed by atoms with Crippen molar-refractivity contribution in [1.29, 1.82) is 0 Å². The molecule has 0 heterocycles. The number of amides is 3. The summed E-state index contributed by atoms with van der Waals surface area (Å²) in [7, 11) is 0. The third kappa shape index (κ3) is 8.54. The highest BCUT2D eigenvalue weighted by atomic mass is 16.6. The minimum atomic E-state index is -1.04. The standard InChI is InChI=1S/C26H43N3O5/c1-9-11-12-16-27-23(31)21(19-15-13-14-18(5)22(19)30)29(10-2)24(32)20(17(3)4)28-25(33)34-26(6,7)8/h13-15,17,20-21,30H,9-12,16H2,1-8H3,(H,27,31)(H,28,33). The number of nitrogens with one attached hydrogen (secondary N) is 2. The molecule has 34 heavy (non-hydrogen) atoms. The second-order valence-electron chi connectivity index (χ2n) is 9.91. The van der Waals surface area contributed by atoms with Crippen LogP contribution in [0, 0.1) is 12.8 Å². The van der Waals surface area contributed by atoms with Crippen LogP contribution in [0.5, 0.6) is 5.75 Å². The Hall–Kier alpha value is -2.77. The van der Waals surface area contributed by atoms with E-state index in [0.717, 1.165) is 19.3 Å². The molecule has 2 unspecified atom stereocenters. The maximum absolute atomic E-state index is 13.7. The number of alkyl carbamates (subject to hydrolysis) is 1. The van der Waals surface area contributed by atoms with Crippen LogP contribution in [0.25, 0.3) is 0 Å². The lowest BCUT2D eigenvalue weighted by Gasteiger charge is -2.35. The fraction of sp³-hybridized carbons (Fsp3) is 0.654. The number of rotatable bonds is 11. The summed E-state index contributed by atoms with van der Waals surface area (Å²) in [5.41, 5.74) is 0.243. The number of carbonyl (C=O) groups is 3. The van der Waals surface area contributed by atoms with E-state index in [0.29, 0.717) is 17.7 Å². The van der Waals surface area contributed by atoms with E-state index in [-0.39, 0.29) is 24.1 Å². The molecule has 0 saturated heterocycles. The van der Waals surface area contributed by atoms with E-state index in [1.54, 1.807) is 52.8 Å². The number of phenols is 1. The maximum atomic E-state index is 13.7. The molecule has 3 amide bonds. The minimum Gasteiger partial charge on any atom is -0.507 e. The lowest BCUT2D eigenvalue weighted by Crippen LogP contribution is -2.54.